The minimum atomic E-state index is -0.166. The summed E-state index contributed by atoms with van der Waals surface area (Å²) in [4.78, 5) is 13.0. The van der Waals surface area contributed by atoms with Crippen LogP contribution in [0.15, 0.2) is 29.2 Å². The molecule has 0 heterocycles. The van der Waals surface area contributed by atoms with E-state index in [0.29, 0.717) is 0 Å². The third-order valence-corrected chi connectivity index (χ3v) is 3.57. The minimum Gasteiger partial charge on any atom is -0.469 e. The van der Waals surface area contributed by atoms with Crippen LogP contribution in [0.2, 0.25) is 0 Å². The van der Waals surface area contributed by atoms with Gasteiger partial charge in [0.15, 0.2) is 0 Å². The number of carbonyl (C=O) groups is 1. The number of thioether (sulfide) groups is 1. The van der Waals surface area contributed by atoms with Crippen molar-refractivity contribution in [3.63, 3.8) is 0 Å². The number of rotatable bonds is 5. The van der Waals surface area contributed by atoms with E-state index < -0.39 is 0 Å². The number of esters is 1. The first-order chi connectivity index (χ1) is 8.10. The van der Waals surface area contributed by atoms with Crippen LogP contribution in [0.4, 0.5) is 0 Å². The lowest BCUT2D eigenvalue weighted by Crippen LogP contribution is -2.19. The number of hydrogen-bond acceptors (Lipinski definition) is 3. The average molecular weight is 252 g/mol. The molecule has 17 heavy (non-hydrogen) atoms. The van der Waals surface area contributed by atoms with Gasteiger partial charge in [-0.05, 0) is 29.4 Å². The van der Waals surface area contributed by atoms with Gasteiger partial charge in [-0.1, -0.05) is 32.9 Å². The van der Waals surface area contributed by atoms with Crippen molar-refractivity contribution in [2.24, 2.45) is 5.92 Å². The Bertz CT molecular complexity index is 357. The van der Waals surface area contributed by atoms with E-state index in [1.807, 2.05) is 26.0 Å². The third-order valence-electron chi connectivity index (χ3n) is 2.67. The summed E-state index contributed by atoms with van der Waals surface area (Å²) in [5.41, 5.74) is 1.03. The SMILES string of the molecule is CCSc1ccc(C(C(=O)OC)C(C)C)cc1. The molecule has 1 rings (SSSR count). The maximum absolute atomic E-state index is 11.7. The topological polar surface area (TPSA) is 26.3 Å². The molecule has 1 atom stereocenters. The molecule has 0 spiro atoms. The molecule has 0 fully saturated rings. The first kappa shape index (κ1) is 14.1. The highest BCUT2D eigenvalue weighted by molar-refractivity contribution is 7.99. The fourth-order valence-electron chi connectivity index (χ4n) is 1.86. The number of hydrogen-bond donors (Lipinski definition) is 0. The van der Waals surface area contributed by atoms with Crippen molar-refractivity contribution in [2.45, 2.75) is 31.6 Å². The van der Waals surface area contributed by atoms with Crippen LogP contribution < -0.4 is 0 Å². The van der Waals surface area contributed by atoms with Gasteiger partial charge < -0.3 is 4.74 Å². The second-order valence-electron chi connectivity index (χ2n) is 4.25. The van der Waals surface area contributed by atoms with E-state index in [4.69, 9.17) is 4.74 Å². The molecule has 0 amide bonds. The van der Waals surface area contributed by atoms with Gasteiger partial charge in [-0.2, -0.15) is 0 Å². The van der Waals surface area contributed by atoms with Crippen LogP contribution in [0.25, 0.3) is 0 Å². The van der Waals surface area contributed by atoms with Crippen LogP contribution in [-0.4, -0.2) is 18.8 Å². The molecular weight excluding hydrogens is 232 g/mol. The van der Waals surface area contributed by atoms with Gasteiger partial charge in [-0.3, -0.25) is 4.79 Å². The molecule has 0 radical (unpaired) electrons. The Morgan fingerprint density at radius 3 is 2.29 bits per heavy atom. The summed E-state index contributed by atoms with van der Waals surface area (Å²) in [6.45, 7) is 6.20. The number of ether oxygens (including phenoxy) is 1. The third kappa shape index (κ3) is 3.77. The van der Waals surface area contributed by atoms with Crippen LogP contribution in [0.1, 0.15) is 32.3 Å². The molecule has 0 N–H and O–H groups in total. The van der Waals surface area contributed by atoms with Crippen LogP contribution in [-0.2, 0) is 9.53 Å². The predicted molar refractivity (Wildman–Crippen MR) is 72.4 cm³/mol. The molecule has 0 aromatic heterocycles. The molecule has 0 saturated heterocycles. The average Bonchev–Trinajstić information content (AvgIpc) is 2.31. The summed E-state index contributed by atoms with van der Waals surface area (Å²) >= 11 is 1.80. The molecule has 1 aromatic carbocycles. The number of methoxy groups -OCH3 is 1. The maximum atomic E-state index is 11.7. The summed E-state index contributed by atoms with van der Waals surface area (Å²) in [5.74, 6) is 0.980. The molecule has 0 aliphatic rings. The van der Waals surface area contributed by atoms with E-state index in [0.717, 1.165) is 11.3 Å². The van der Waals surface area contributed by atoms with Gasteiger partial charge in [0, 0.05) is 4.90 Å². The van der Waals surface area contributed by atoms with Crippen molar-refractivity contribution >= 4 is 17.7 Å². The van der Waals surface area contributed by atoms with Crippen molar-refractivity contribution in [2.75, 3.05) is 12.9 Å². The summed E-state index contributed by atoms with van der Waals surface area (Å²) in [7, 11) is 1.44. The van der Waals surface area contributed by atoms with Gasteiger partial charge in [-0.15, -0.1) is 11.8 Å². The lowest BCUT2D eigenvalue weighted by molar-refractivity contribution is -0.143. The molecule has 0 aliphatic carbocycles. The molecule has 0 saturated carbocycles. The Morgan fingerprint density at radius 1 is 1.29 bits per heavy atom. The zero-order chi connectivity index (χ0) is 12.8. The predicted octanol–water partition coefficient (Wildman–Crippen LogP) is 3.71. The van der Waals surface area contributed by atoms with Crippen molar-refractivity contribution in [3.05, 3.63) is 29.8 Å². The first-order valence-corrected chi connectivity index (χ1v) is 6.89. The second kappa shape index (κ2) is 6.70. The summed E-state index contributed by atoms with van der Waals surface area (Å²) < 4.78 is 4.86. The molecule has 1 aromatic rings. The van der Waals surface area contributed by atoms with Gasteiger partial charge >= 0.3 is 5.97 Å². The van der Waals surface area contributed by atoms with E-state index in [1.54, 1.807) is 11.8 Å². The van der Waals surface area contributed by atoms with Crippen LogP contribution >= 0.6 is 11.8 Å². The Morgan fingerprint density at radius 2 is 1.88 bits per heavy atom. The maximum Gasteiger partial charge on any atom is 0.313 e. The molecule has 2 nitrogen and oxygen atoms in total. The van der Waals surface area contributed by atoms with Crippen LogP contribution in [0, 0.1) is 5.92 Å². The molecule has 0 bridgehead atoms. The highest BCUT2D eigenvalue weighted by Crippen LogP contribution is 2.27. The Hall–Kier alpha value is -0.960. The van der Waals surface area contributed by atoms with Gasteiger partial charge in [0.25, 0.3) is 0 Å². The smallest absolute Gasteiger partial charge is 0.313 e. The summed E-state index contributed by atoms with van der Waals surface area (Å²) in [6.07, 6.45) is 0. The van der Waals surface area contributed by atoms with Gasteiger partial charge in [0.1, 0.15) is 0 Å². The highest BCUT2D eigenvalue weighted by atomic mass is 32.2. The summed E-state index contributed by atoms with van der Waals surface area (Å²) in [5, 5.41) is 0. The van der Waals surface area contributed by atoms with Crippen molar-refractivity contribution < 1.29 is 9.53 Å². The molecule has 94 valence electrons. The number of benzene rings is 1. The highest BCUT2D eigenvalue weighted by Gasteiger charge is 2.24. The van der Waals surface area contributed by atoms with Gasteiger partial charge in [-0.25, -0.2) is 0 Å². The number of carbonyl (C=O) groups excluding carboxylic acids is 1. The lowest BCUT2D eigenvalue weighted by atomic mass is 9.88. The van der Waals surface area contributed by atoms with Crippen molar-refractivity contribution in [1.82, 2.24) is 0 Å². The Balaban J connectivity index is 2.91. The molecular formula is C14H20O2S. The van der Waals surface area contributed by atoms with Crippen LogP contribution in [0.3, 0.4) is 0 Å². The quantitative estimate of drug-likeness (QED) is 0.590. The zero-order valence-electron chi connectivity index (χ0n) is 10.9. The summed E-state index contributed by atoms with van der Waals surface area (Å²) in [6, 6.07) is 8.20. The minimum absolute atomic E-state index is 0.157. The van der Waals surface area contributed by atoms with E-state index in [2.05, 4.69) is 19.1 Å². The molecule has 0 aliphatic heterocycles. The van der Waals surface area contributed by atoms with Gasteiger partial charge in [0.05, 0.1) is 13.0 Å². The normalized spacial score (nSPS) is 12.5. The van der Waals surface area contributed by atoms with E-state index in [9.17, 15) is 4.79 Å². The van der Waals surface area contributed by atoms with E-state index in [1.165, 1.54) is 12.0 Å². The zero-order valence-corrected chi connectivity index (χ0v) is 11.7. The van der Waals surface area contributed by atoms with Gasteiger partial charge in [0.2, 0.25) is 0 Å². The van der Waals surface area contributed by atoms with Crippen LogP contribution in [0.5, 0.6) is 0 Å². The Labute approximate surface area is 108 Å². The fourth-order valence-corrected chi connectivity index (χ4v) is 2.52. The fraction of sp³-hybridized carbons (Fsp3) is 0.500. The monoisotopic (exact) mass is 252 g/mol. The van der Waals surface area contributed by atoms with E-state index >= 15 is 0 Å². The largest absolute Gasteiger partial charge is 0.469 e. The van der Waals surface area contributed by atoms with E-state index in [-0.39, 0.29) is 17.8 Å². The standard InChI is InChI=1S/C14H20O2S/c1-5-17-12-8-6-11(7-9-12)13(10(2)3)14(15)16-4/h6-10,13H,5H2,1-4H3. The van der Waals surface area contributed by atoms with Crippen molar-refractivity contribution in [3.8, 4) is 0 Å². The molecule has 3 heteroatoms. The molecule has 1 unspecified atom stereocenters. The Kier molecular flexibility index (Phi) is 5.56. The second-order valence-corrected chi connectivity index (χ2v) is 5.58. The first-order valence-electron chi connectivity index (χ1n) is 5.90. The lowest BCUT2D eigenvalue weighted by Gasteiger charge is -2.18. The van der Waals surface area contributed by atoms with Crippen molar-refractivity contribution in [1.29, 1.82) is 0 Å².